The SMILES string of the molecule is N#Cc1ccc(Cl)cc1NS(=O)(=O)c1cccc(Cl)c1. The number of nitriles is 1. The van der Waals surface area contributed by atoms with Crippen molar-refractivity contribution in [2.45, 2.75) is 4.90 Å². The molecule has 0 amide bonds. The Morgan fingerprint density at radius 2 is 1.75 bits per heavy atom. The molecular formula is C13H8Cl2N2O2S. The van der Waals surface area contributed by atoms with Crippen molar-refractivity contribution in [3.05, 3.63) is 58.1 Å². The molecule has 0 fully saturated rings. The number of nitrogens with zero attached hydrogens (tertiary/aromatic N) is 1. The third kappa shape index (κ3) is 3.23. The average Bonchev–Trinajstić information content (AvgIpc) is 2.38. The zero-order valence-corrected chi connectivity index (χ0v) is 12.3. The third-order valence-corrected chi connectivity index (χ3v) is 4.29. The summed E-state index contributed by atoms with van der Waals surface area (Å²) in [7, 11) is -3.83. The van der Waals surface area contributed by atoms with Gasteiger partial charge >= 0.3 is 0 Å². The molecule has 0 radical (unpaired) electrons. The lowest BCUT2D eigenvalue weighted by molar-refractivity contribution is 0.601. The van der Waals surface area contributed by atoms with Gasteiger partial charge in [-0.1, -0.05) is 29.3 Å². The van der Waals surface area contributed by atoms with E-state index in [2.05, 4.69) is 4.72 Å². The molecule has 1 N–H and O–H groups in total. The predicted molar refractivity (Wildman–Crippen MR) is 78.4 cm³/mol. The van der Waals surface area contributed by atoms with Gasteiger partial charge in [-0.2, -0.15) is 5.26 Å². The maximum absolute atomic E-state index is 12.2. The van der Waals surface area contributed by atoms with E-state index in [9.17, 15) is 8.42 Å². The molecule has 0 bridgehead atoms. The van der Waals surface area contributed by atoms with Crippen LogP contribution >= 0.6 is 23.2 Å². The highest BCUT2D eigenvalue weighted by molar-refractivity contribution is 7.92. The number of benzene rings is 2. The second-order valence-electron chi connectivity index (χ2n) is 3.86. The van der Waals surface area contributed by atoms with E-state index in [0.29, 0.717) is 10.0 Å². The summed E-state index contributed by atoms with van der Waals surface area (Å²) < 4.78 is 26.8. The molecule has 0 heterocycles. The maximum atomic E-state index is 12.2. The van der Waals surface area contributed by atoms with Crippen molar-refractivity contribution in [2.24, 2.45) is 0 Å². The maximum Gasteiger partial charge on any atom is 0.261 e. The molecule has 0 saturated heterocycles. The van der Waals surface area contributed by atoms with Crippen molar-refractivity contribution in [2.75, 3.05) is 4.72 Å². The Labute approximate surface area is 126 Å². The van der Waals surface area contributed by atoms with Crippen molar-refractivity contribution in [1.29, 1.82) is 5.26 Å². The van der Waals surface area contributed by atoms with Crippen LogP contribution in [-0.2, 0) is 10.0 Å². The van der Waals surface area contributed by atoms with E-state index in [1.807, 2.05) is 6.07 Å². The predicted octanol–water partition coefficient (Wildman–Crippen LogP) is 3.67. The number of rotatable bonds is 3. The minimum Gasteiger partial charge on any atom is -0.278 e. The zero-order chi connectivity index (χ0) is 14.8. The van der Waals surface area contributed by atoms with Gasteiger partial charge in [-0.05, 0) is 36.4 Å². The van der Waals surface area contributed by atoms with Crippen LogP contribution in [0.3, 0.4) is 0 Å². The van der Waals surface area contributed by atoms with Crippen LogP contribution in [0.2, 0.25) is 10.0 Å². The van der Waals surface area contributed by atoms with Gasteiger partial charge < -0.3 is 0 Å². The first-order chi connectivity index (χ1) is 9.42. The Bertz CT molecular complexity index is 798. The number of halogens is 2. The van der Waals surface area contributed by atoms with Crippen molar-refractivity contribution >= 4 is 38.9 Å². The lowest BCUT2D eigenvalue weighted by Gasteiger charge is -2.10. The molecule has 0 atom stereocenters. The number of hydrogen-bond acceptors (Lipinski definition) is 3. The van der Waals surface area contributed by atoms with E-state index >= 15 is 0 Å². The first-order valence-electron chi connectivity index (χ1n) is 5.40. The molecule has 102 valence electrons. The van der Waals surface area contributed by atoms with Crippen LogP contribution in [-0.4, -0.2) is 8.42 Å². The van der Waals surface area contributed by atoms with Gasteiger partial charge in [0, 0.05) is 10.0 Å². The van der Waals surface area contributed by atoms with Crippen molar-refractivity contribution in [3.8, 4) is 6.07 Å². The Hall–Kier alpha value is -1.74. The molecule has 0 aliphatic carbocycles. The molecule has 0 aliphatic heterocycles. The second kappa shape index (κ2) is 5.71. The Balaban J connectivity index is 2.44. The topological polar surface area (TPSA) is 70.0 Å². The summed E-state index contributed by atoms with van der Waals surface area (Å²) in [6, 6.07) is 12.1. The van der Waals surface area contributed by atoms with Crippen molar-refractivity contribution in [3.63, 3.8) is 0 Å². The summed E-state index contributed by atoms with van der Waals surface area (Å²) in [6.45, 7) is 0. The number of anilines is 1. The largest absolute Gasteiger partial charge is 0.278 e. The van der Waals surface area contributed by atoms with Gasteiger partial charge in [0.2, 0.25) is 0 Å². The Morgan fingerprint density at radius 3 is 2.40 bits per heavy atom. The lowest BCUT2D eigenvalue weighted by Crippen LogP contribution is -2.13. The van der Waals surface area contributed by atoms with E-state index in [1.165, 1.54) is 36.4 Å². The van der Waals surface area contributed by atoms with Crippen LogP contribution in [0.25, 0.3) is 0 Å². The summed E-state index contributed by atoms with van der Waals surface area (Å²) in [5.41, 5.74) is 0.306. The summed E-state index contributed by atoms with van der Waals surface area (Å²) >= 11 is 11.6. The van der Waals surface area contributed by atoms with E-state index < -0.39 is 10.0 Å². The van der Waals surface area contributed by atoms with Gasteiger partial charge in [-0.3, -0.25) is 4.72 Å². The fraction of sp³-hybridized carbons (Fsp3) is 0. The molecule has 2 aromatic carbocycles. The first kappa shape index (κ1) is 14.7. The van der Waals surface area contributed by atoms with Crippen molar-refractivity contribution < 1.29 is 8.42 Å². The van der Waals surface area contributed by atoms with Crippen LogP contribution in [0.4, 0.5) is 5.69 Å². The molecule has 0 aliphatic rings. The van der Waals surface area contributed by atoms with Crippen LogP contribution in [0.1, 0.15) is 5.56 Å². The van der Waals surface area contributed by atoms with E-state index in [0.717, 1.165) is 0 Å². The molecule has 0 spiro atoms. The first-order valence-corrected chi connectivity index (χ1v) is 7.64. The fourth-order valence-electron chi connectivity index (χ4n) is 1.54. The fourth-order valence-corrected chi connectivity index (χ4v) is 3.08. The smallest absolute Gasteiger partial charge is 0.261 e. The zero-order valence-electron chi connectivity index (χ0n) is 9.97. The van der Waals surface area contributed by atoms with Crippen LogP contribution < -0.4 is 4.72 Å². The van der Waals surface area contributed by atoms with Gasteiger partial charge in [-0.25, -0.2) is 8.42 Å². The number of sulfonamides is 1. The van der Waals surface area contributed by atoms with Gasteiger partial charge in [0.25, 0.3) is 10.0 Å². The van der Waals surface area contributed by atoms with E-state index in [1.54, 1.807) is 6.07 Å². The molecule has 2 aromatic rings. The number of hydrogen-bond donors (Lipinski definition) is 1. The lowest BCUT2D eigenvalue weighted by atomic mass is 10.2. The van der Waals surface area contributed by atoms with Crippen molar-refractivity contribution in [1.82, 2.24) is 0 Å². The van der Waals surface area contributed by atoms with Gasteiger partial charge in [0.05, 0.1) is 16.1 Å². The summed E-state index contributed by atoms with van der Waals surface area (Å²) in [6.07, 6.45) is 0. The molecule has 20 heavy (non-hydrogen) atoms. The second-order valence-corrected chi connectivity index (χ2v) is 6.42. The highest BCUT2D eigenvalue weighted by atomic mass is 35.5. The Morgan fingerprint density at radius 1 is 1.05 bits per heavy atom. The molecule has 0 saturated carbocycles. The van der Waals surface area contributed by atoms with E-state index in [-0.39, 0.29) is 16.1 Å². The van der Waals surface area contributed by atoms with Gasteiger partial charge in [0.15, 0.2) is 0 Å². The molecule has 0 aromatic heterocycles. The Kier molecular flexibility index (Phi) is 4.19. The third-order valence-electron chi connectivity index (χ3n) is 2.45. The molecule has 0 unspecified atom stereocenters. The highest BCUT2D eigenvalue weighted by Gasteiger charge is 2.16. The van der Waals surface area contributed by atoms with E-state index in [4.69, 9.17) is 28.5 Å². The molecule has 7 heteroatoms. The normalized spacial score (nSPS) is 10.8. The van der Waals surface area contributed by atoms with Gasteiger partial charge in [-0.15, -0.1) is 0 Å². The van der Waals surface area contributed by atoms with Gasteiger partial charge in [0.1, 0.15) is 6.07 Å². The minimum absolute atomic E-state index is 0.00821. The molecule has 2 rings (SSSR count). The molecule has 4 nitrogen and oxygen atoms in total. The summed E-state index contributed by atoms with van der Waals surface area (Å²) in [4.78, 5) is 0.00821. The minimum atomic E-state index is -3.83. The summed E-state index contributed by atoms with van der Waals surface area (Å²) in [5.74, 6) is 0. The quantitative estimate of drug-likeness (QED) is 0.935. The van der Waals surface area contributed by atoms with Crippen LogP contribution in [0.15, 0.2) is 47.4 Å². The summed E-state index contributed by atoms with van der Waals surface area (Å²) in [5, 5.41) is 9.60. The highest BCUT2D eigenvalue weighted by Crippen LogP contribution is 2.24. The monoisotopic (exact) mass is 326 g/mol. The van der Waals surface area contributed by atoms with Crippen LogP contribution in [0.5, 0.6) is 0 Å². The average molecular weight is 327 g/mol. The molecular weight excluding hydrogens is 319 g/mol. The number of nitrogens with one attached hydrogen (secondary N) is 1. The van der Waals surface area contributed by atoms with Crippen LogP contribution in [0, 0.1) is 11.3 Å². The standard InChI is InChI=1S/C13H8Cl2N2O2S/c14-10-2-1-3-12(6-10)20(18,19)17-13-7-11(15)5-4-9(13)8-16/h1-7,17H.